The molecule has 0 saturated carbocycles. The third-order valence-corrected chi connectivity index (χ3v) is 3.94. The smallest absolute Gasteiger partial charge is 0.153 e. The van der Waals surface area contributed by atoms with Gasteiger partial charge in [0.25, 0.3) is 0 Å². The van der Waals surface area contributed by atoms with Crippen molar-refractivity contribution in [3.63, 3.8) is 0 Å². The molecule has 1 aliphatic heterocycles. The Kier molecular flexibility index (Phi) is 3.19. The molecule has 0 spiro atoms. The van der Waals surface area contributed by atoms with Gasteiger partial charge in [-0.3, -0.25) is 0 Å². The van der Waals surface area contributed by atoms with Crippen LogP contribution in [0.2, 0.25) is 0 Å². The van der Waals surface area contributed by atoms with Gasteiger partial charge in [-0.15, -0.1) is 5.10 Å². The van der Waals surface area contributed by atoms with Crippen molar-refractivity contribution in [3.05, 3.63) is 48.3 Å². The van der Waals surface area contributed by atoms with E-state index in [0.717, 1.165) is 42.7 Å². The van der Waals surface area contributed by atoms with Crippen molar-refractivity contribution >= 4 is 0 Å². The third-order valence-electron chi connectivity index (χ3n) is 3.94. The van der Waals surface area contributed by atoms with Crippen molar-refractivity contribution in [1.29, 1.82) is 0 Å². The van der Waals surface area contributed by atoms with Gasteiger partial charge < -0.3 is 9.30 Å². The molecule has 1 saturated heterocycles. The molecule has 0 aliphatic carbocycles. The zero-order chi connectivity index (χ0) is 14.9. The number of nitrogens with zero attached hydrogens (tertiary/aromatic N) is 6. The molecule has 1 aromatic carbocycles. The number of aromatic nitrogens is 6. The lowest BCUT2D eigenvalue weighted by molar-refractivity contribution is 0.193. The summed E-state index contributed by atoms with van der Waals surface area (Å²) in [5, 5.41) is 11.6. The molecule has 0 radical (unpaired) electrons. The maximum absolute atomic E-state index is 5.49. The molecule has 3 aromatic rings. The van der Waals surface area contributed by atoms with Crippen LogP contribution in [0.25, 0.3) is 11.4 Å². The Morgan fingerprint density at radius 1 is 1.27 bits per heavy atom. The van der Waals surface area contributed by atoms with Crippen LogP contribution < -0.4 is 0 Å². The number of imidazole rings is 1. The topological polar surface area (TPSA) is 70.7 Å². The molecular formula is C15H16N6O. The van der Waals surface area contributed by atoms with E-state index in [2.05, 4.69) is 37.2 Å². The number of hydrogen-bond acceptors (Lipinski definition) is 5. The van der Waals surface area contributed by atoms with Crippen LogP contribution in [0.15, 0.2) is 36.7 Å². The summed E-state index contributed by atoms with van der Waals surface area (Å²) in [5.74, 6) is 2.16. The first kappa shape index (κ1) is 13.1. The maximum Gasteiger partial charge on any atom is 0.153 e. The molecule has 7 heteroatoms. The minimum Gasteiger partial charge on any atom is -0.381 e. The minimum atomic E-state index is 0.355. The zero-order valence-corrected chi connectivity index (χ0v) is 12.3. The van der Waals surface area contributed by atoms with Crippen molar-refractivity contribution < 1.29 is 4.74 Å². The first-order valence-electron chi connectivity index (χ1n) is 7.30. The summed E-state index contributed by atoms with van der Waals surface area (Å²) in [6, 6.07) is 8.11. The SMILES string of the molecule is Cc1nnnn1-c1cccc(-n2ccnc2[C@@H]2CCOC2)c1. The van der Waals surface area contributed by atoms with Gasteiger partial charge in [-0.2, -0.15) is 4.68 Å². The molecule has 7 nitrogen and oxygen atoms in total. The Bertz CT molecular complexity index is 787. The highest BCUT2D eigenvalue weighted by Crippen LogP contribution is 2.26. The highest BCUT2D eigenvalue weighted by Gasteiger charge is 2.22. The van der Waals surface area contributed by atoms with Crippen molar-refractivity contribution in [3.8, 4) is 11.4 Å². The van der Waals surface area contributed by atoms with Gasteiger partial charge in [0.2, 0.25) is 0 Å². The fraction of sp³-hybridized carbons (Fsp3) is 0.333. The highest BCUT2D eigenvalue weighted by molar-refractivity contribution is 5.44. The van der Waals surface area contributed by atoms with E-state index >= 15 is 0 Å². The number of hydrogen-bond donors (Lipinski definition) is 0. The quantitative estimate of drug-likeness (QED) is 0.735. The minimum absolute atomic E-state index is 0.355. The van der Waals surface area contributed by atoms with Crippen molar-refractivity contribution in [2.24, 2.45) is 0 Å². The first-order chi connectivity index (χ1) is 10.8. The third kappa shape index (κ3) is 2.19. The van der Waals surface area contributed by atoms with E-state index < -0.39 is 0 Å². The predicted molar refractivity (Wildman–Crippen MR) is 79.2 cm³/mol. The number of ether oxygens (including phenoxy) is 1. The van der Waals surface area contributed by atoms with E-state index in [9.17, 15) is 0 Å². The summed E-state index contributed by atoms with van der Waals surface area (Å²) >= 11 is 0. The summed E-state index contributed by atoms with van der Waals surface area (Å²) in [5.41, 5.74) is 1.98. The van der Waals surface area contributed by atoms with Gasteiger partial charge in [-0.05, 0) is 42.0 Å². The molecular weight excluding hydrogens is 280 g/mol. The second kappa shape index (κ2) is 5.34. The molecule has 0 unspecified atom stereocenters. The second-order valence-electron chi connectivity index (χ2n) is 5.37. The number of rotatable bonds is 3. The Hall–Kier alpha value is -2.54. The second-order valence-corrected chi connectivity index (χ2v) is 5.37. The number of aryl methyl sites for hydroxylation is 1. The highest BCUT2D eigenvalue weighted by atomic mass is 16.5. The Balaban J connectivity index is 1.75. The van der Waals surface area contributed by atoms with Crippen LogP contribution >= 0.6 is 0 Å². The fourth-order valence-corrected chi connectivity index (χ4v) is 2.82. The van der Waals surface area contributed by atoms with Crippen LogP contribution in [-0.4, -0.2) is 43.0 Å². The molecule has 0 bridgehead atoms. The van der Waals surface area contributed by atoms with Crippen molar-refractivity contribution in [1.82, 2.24) is 29.8 Å². The largest absolute Gasteiger partial charge is 0.381 e. The molecule has 112 valence electrons. The van der Waals surface area contributed by atoms with Gasteiger partial charge in [0, 0.05) is 30.6 Å². The standard InChI is InChI=1S/C15H16N6O/c1-11-17-18-19-21(11)14-4-2-3-13(9-14)20-7-6-16-15(20)12-5-8-22-10-12/h2-4,6-7,9,12H,5,8,10H2,1H3/t12-/m1/s1. The lowest BCUT2D eigenvalue weighted by Crippen LogP contribution is -2.08. The summed E-state index contributed by atoms with van der Waals surface area (Å²) < 4.78 is 9.32. The zero-order valence-electron chi connectivity index (χ0n) is 12.3. The molecule has 3 heterocycles. The normalized spacial score (nSPS) is 18.0. The van der Waals surface area contributed by atoms with Crippen LogP contribution in [0.1, 0.15) is 24.0 Å². The summed E-state index contributed by atoms with van der Waals surface area (Å²) in [7, 11) is 0. The molecule has 22 heavy (non-hydrogen) atoms. The molecule has 0 N–H and O–H groups in total. The van der Waals surface area contributed by atoms with E-state index in [0.29, 0.717) is 5.92 Å². The first-order valence-corrected chi connectivity index (χ1v) is 7.30. The summed E-state index contributed by atoms with van der Waals surface area (Å²) in [4.78, 5) is 4.52. The lowest BCUT2D eigenvalue weighted by atomic mass is 10.1. The molecule has 1 atom stereocenters. The average molecular weight is 296 g/mol. The Labute approximate surface area is 127 Å². The van der Waals surface area contributed by atoms with E-state index in [-0.39, 0.29) is 0 Å². The van der Waals surface area contributed by atoms with Crippen LogP contribution in [-0.2, 0) is 4.74 Å². The van der Waals surface area contributed by atoms with Gasteiger partial charge in [0.05, 0.1) is 12.3 Å². The number of benzene rings is 1. The van der Waals surface area contributed by atoms with E-state index in [1.165, 1.54) is 0 Å². The fourth-order valence-electron chi connectivity index (χ4n) is 2.82. The number of tetrazole rings is 1. The molecule has 1 aliphatic rings. The van der Waals surface area contributed by atoms with Gasteiger partial charge >= 0.3 is 0 Å². The monoisotopic (exact) mass is 296 g/mol. The van der Waals surface area contributed by atoms with Crippen LogP contribution in [0.5, 0.6) is 0 Å². The summed E-state index contributed by atoms with van der Waals surface area (Å²) in [6.45, 7) is 3.43. The molecule has 1 fully saturated rings. The van der Waals surface area contributed by atoms with Gasteiger partial charge in [0.15, 0.2) is 5.82 Å². The van der Waals surface area contributed by atoms with Gasteiger partial charge in [-0.1, -0.05) is 6.07 Å². The summed E-state index contributed by atoms with van der Waals surface area (Å²) in [6.07, 6.45) is 4.84. The van der Waals surface area contributed by atoms with Crippen molar-refractivity contribution in [2.75, 3.05) is 13.2 Å². The van der Waals surface area contributed by atoms with E-state index in [4.69, 9.17) is 4.74 Å². The van der Waals surface area contributed by atoms with Gasteiger partial charge in [-0.25, -0.2) is 4.98 Å². The Morgan fingerprint density at radius 3 is 2.95 bits per heavy atom. The maximum atomic E-state index is 5.49. The molecule has 4 rings (SSSR count). The van der Waals surface area contributed by atoms with Crippen LogP contribution in [0.4, 0.5) is 0 Å². The average Bonchev–Trinajstić information content (AvgIpc) is 3.28. The molecule has 0 amide bonds. The Morgan fingerprint density at radius 2 is 2.18 bits per heavy atom. The van der Waals surface area contributed by atoms with E-state index in [1.54, 1.807) is 4.68 Å². The van der Waals surface area contributed by atoms with Gasteiger partial charge in [0.1, 0.15) is 5.82 Å². The van der Waals surface area contributed by atoms with Crippen LogP contribution in [0, 0.1) is 6.92 Å². The molecule has 2 aromatic heterocycles. The van der Waals surface area contributed by atoms with Crippen molar-refractivity contribution in [2.45, 2.75) is 19.3 Å². The van der Waals surface area contributed by atoms with E-state index in [1.807, 2.05) is 31.5 Å². The lowest BCUT2D eigenvalue weighted by Gasteiger charge is -2.13. The van der Waals surface area contributed by atoms with Crippen LogP contribution in [0.3, 0.4) is 0 Å². The predicted octanol–water partition coefficient (Wildman–Crippen LogP) is 1.66.